The van der Waals surface area contributed by atoms with E-state index >= 15 is 0 Å². The molecule has 0 bridgehead atoms. The summed E-state index contributed by atoms with van der Waals surface area (Å²) in [4.78, 5) is 2.65. The van der Waals surface area contributed by atoms with Crippen molar-refractivity contribution in [2.45, 2.75) is 58.3 Å². The maximum atomic E-state index is 2.65. The minimum absolute atomic E-state index is 0.647. The second kappa shape index (κ2) is 7.69. The van der Waals surface area contributed by atoms with Crippen molar-refractivity contribution in [1.82, 2.24) is 4.90 Å². The molecule has 1 saturated heterocycles. The van der Waals surface area contributed by atoms with Crippen molar-refractivity contribution in [3.63, 3.8) is 0 Å². The molecule has 1 heteroatoms. The van der Waals surface area contributed by atoms with Gasteiger partial charge in [0.05, 0.1) is 0 Å². The summed E-state index contributed by atoms with van der Waals surface area (Å²) < 4.78 is 0. The van der Waals surface area contributed by atoms with Crippen LogP contribution in [0.2, 0.25) is 0 Å². The van der Waals surface area contributed by atoms with Crippen molar-refractivity contribution >= 4 is 0 Å². The van der Waals surface area contributed by atoms with Gasteiger partial charge in [0.1, 0.15) is 0 Å². The van der Waals surface area contributed by atoms with Crippen LogP contribution >= 0.6 is 0 Å². The predicted molar refractivity (Wildman–Crippen MR) is 83.8 cm³/mol. The summed E-state index contributed by atoms with van der Waals surface area (Å²) in [5.41, 5.74) is 3.00. The van der Waals surface area contributed by atoms with Gasteiger partial charge >= 0.3 is 0 Å². The minimum Gasteiger partial charge on any atom is -0.303 e. The highest BCUT2D eigenvalue weighted by molar-refractivity contribution is 5.25. The Balaban J connectivity index is 1.68. The van der Waals surface area contributed by atoms with E-state index in [1.54, 1.807) is 0 Å². The Labute approximate surface area is 119 Å². The van der Waals surface area contributed by atoms with Gasteiger partial charge in [-0.3, -0.25) is 0 Å². The number of benzene rings is 1. The van der Waals surface area contributed by atoms with E-state index in [1.165, 1.54) is 69.3 Å². The maximum Gasteiger partial charge on any atom is -0.00186 e. The molecule has 0 aromatic heterocycles. The smallest absolute Gasteiger partial charge is 0.00186 e. The van der Waals surface area contributed by atoms with Crippen molar-refractivity contribution in [3.8, 4) is 0 Å². The van der Waals surface area contributed by atoms with Gasteiger partial charge < -0.3 is 4.90 Å². The summed E-state index contributed by atoms with van der Waals surface area (Å²) in [6.45, 7) is 8.53. The highest BCUT2D eigenvalue weighted by atomic mass is 15.1. The van der Waals surface area contributed by atoms with Crippen LogP contribution in [0.3, 0.4) is 0 Å². The average molecular weight is 259 g/mol. The Morgan fingerprint density at radius 3 is 2.58 bits per heavy atom. The fraction of sp³-hybridized carbons (Fsp3) is 0.667. The zero-order chi connectivity index (χ0) is 13.5. The molecule has 106 valence electrons. The molecule has 1 aromatic rings. The number of hydrogen-bond donors (Lipinski definition) is 0. The molecular formula is C18H29N. The van der Waals surface area contributed by atoms with Crippen molar-refractivity contribution < 1.29 is 0 Å². The van der Waals surface area contributed by atoms with Gasteiger partial charge in [-0.25, -0.2) is 0 Å². The standard InChI is InChI=1S/C18H29N/c1-16(2)18-11-8-10-17(15-18)9-4-7-14-19-12-5-3-6-13-19/h8,10-11,15-16H,3-7,9,12-14H2,1-2H3. The molecule has 0 aliphatic carbocycles. The summed E-state index contributed by atoms with van der Waals surface area (Å²) in [5.74, 6) is 0.647. The minimum atomic E-state index is 0.647. The second-order valence-corrected chi connectivity index (χ2v) is 6.26. The molecular weight excluding hydrogens is 230 g/mol. The molecule has 2 rings (SSSR count). The molecule has 0 atom stereocenters. The van der Waals surface area contributed by atoms with E-state index in [9.17, 15) is 0 Å². The third-order valence-electron chi connectivity index (χ3n) is 4.26. The lowest BCUT2D eigenvalue weighted by atomic mass is 9.98. The maximum absolute atomic E-state index is 2.65. The molecule has 1 heterocycles. The average Bonchev–Trinajstić information content (AvgIpc) is 2.45. The van der Waals surface area contributed by atoms with Crippen molar-refractivity contribution in [2.75, 3.05) is 19.6 Å². The Morgan fingerprint density at radius 1 is 1.05 bits per heavy atom. The molecule has 19 heavy (non-hydrogen) atoms. The number of nitrogens with zero attached hydrogens (tertiary/aromatic N) is 1. The largest absolute Gasteiger partial charge is 0.303 e. The van der Waals surface area contributed by atoms with Crippen LogP contribution in [0.25, 0.3) is 0 Å². The third-order valence-corrected chi connectivity index (χ3v) is 4.26. The first kappa shape index (κ1) is 14.6. The lowest BCUT2D eigenvalue weighted by molar-refractivity contribution is 0.225. The molecule has 0 unspecified atom stereocenters. The van der Waals surface area contributed by atoms with Gasteiger partial charge in [0.2, 0.25) is 0 Å². The van der Waals surface area contributed by atoms with E-state index in [2.05, 4.69) is 43.0 Å². The van der Waals surface area contributed by atoms with Gasteiger partial charge in [-0.05, 0) is 68.8 Å². The second-order valence-electron chi connectivity index (χ2n) is 6.26. The quantitative estimate of drug-likeness (QED) is 0.674. The van der Waals surface area contributed by atoms with Crippen LogP contribution in [0.1, 0.15) is 63.0 Å². The van der Waals surface area contributed by atoms with Crippen LogP contribution in [0, 0.1) is 0 Å². The van der Waals surface area contributed by atoms with Crippen LogP contribution in [-0.4, -0.2) is 24.5 Å². The van der Waals surface area contributed by atoms with Gasteiger partial charge in [-0.15, -0.1) is 0 Å². The first-order valence-electron chi connectivity index (χ1n) is 8.07. The number of hydrogen-bond acceptors (Lipinski definition) is 1. The third kappa shape index (κ3) is 4.99. The van der Waals surface area contributed by atoms with Crippen LogP contribution in [-0.2, 0) is 6.42 Å². The molecule has 0 amide bonds. The Hall–Kier alpha value is -0.820. The number of rotatable bonds is 6. The summed E-state index contributed by atoms with van der Waals surface area (Å²) >= 11 is 0. The van der Waals surface area contributed by atoms with Gasteiger partial charge in [-0.1, -0.05) is 44.5 Å². The Kier molecular flexibility index (Phi) is 5.91. The van der Waals surface area contributed by atoms with Crippen LogP contribution < -0.4 is 0 Å². The molecule has 1 fully saturated rings. The van der Waals surface area contributed by atoms with Crippen molar-refractivity contribution in [2.24, 2.45) is 0 Å². The van der Waals surface area contributed by atoms with E-state index in [0.29, 0.717) is 5.92 Å². The number of aryl methyl sites for hydroxylation is 1. The van der Waals surface area contributed by atoms with E-state index in [0.717, 1.165) is 0 Å². The Bertz CT molecular complexity index is 364. The first-order chi connectivity index (χ1) is 9.25. The highest BCUT2D eigenvalue weighted by Gasteiger charge is 2.08. The fourth-order valence-corrected chi connectivity index (χ4v) is 2.96. The monoisotopic (exact) mass is 259 g/mol. The summed E-state index contributed by atoms with van der Waals surface area (Å²) in [5, 5.41) is 0. The molecule has 1 aliphatic rings. The molecule has 0 saturated carbocycles. The molecule has 0 N–H and O–H groups in total. The fourth-order valence-electron chi connectivity index (χ4n) is 2.96. The van der Waals surface area contributed by atoms with E-state index in [1.807, 2.05) is 0 Å². The number of unbranched alkanes of at least 4 members (excludes halogenated alkanes) is 1. The van der Waals surface area contributed by atoms with Crippen LogP contribution in [0.4, 0.5) is 0 Å². The van der Waals surface area contributed by atoms with E-state index in [-0.39, 0.29) is 0 Å². The SMILES string of the molecule is CC(C)c1cccc(CCCCN2CCCCC2)c1. The van der Waals surface area contributed by atoms with Gasteiger partial charge in [-0.2, -0.15) is 0 Å². The van der Waals surface area contributed by atoms with E-state index < -0.39 is 0 Å². The molecule has 1 aromatic carbocycles. The summed E-state index contributed by atoms with van der Waals surface area (Å²) in [7, 11) is 0. The van der Waals surface area contributed by atoms with Gasteiger partial charge in [0, 0.05) is 0 Å². The van der Waals surface area contributed by atoms with Crippen LogP contribution in [0.15, 0.2) is 24.3 Å². The van der Waals surface area contributed by atoms with Gasteiger partial charge in [0.25, 0.3) is 0 Å². The van der Waals surface area contributed by atoms with Crippen molar-refractivity contribution in [3.05, 3.63) is 35.4 Å². The highest BCUT2D eigenvalue weighted by Crippen LogP contribution is 2.17. The molecule has 1 nitrogen and oxygen atoms in total. The summed E-state index contributed by atoms with van der Waals surface area (Å²) in [6.07, 6.45) is 8.20. The van der Waals surface area contributed by atoms with E-state index in [4.69, 9.17) is 0 Å². The molecule has 0 radical (unpaired) electrons. The van der Waals surface area contributed by atoms with Crippen LogP contribution in [0.5, 0.6) is 0 Å². The lowest BCUT2D eigenvalue weighted by Crippen LogP contribution is -2.30. The van der Waals surface area contributed by atoms with Gasteiger partial charge in [0.15, 0.2) is 0 Å². The molecule has 1 aliphatic heterocycles. The number of piperidine rings is 1. The topological polar surface area (TPSA) is 3.24 Å². The summed E-state index contributed by atoms with van der Waals surface area (Å²) in [6, 6.07) is 9.15. The number of likely N-dealkylation sites (tertiary alicyclic amines) is 1. The van der Waals surface area contributed by atoms with Crippen molar-refractivity contribution in [1.29, 1.82) is 0 Å². The lowest BCUT2D eigenvalue weighted by Gasteiger charge is -2.26. The zero-order valence-electron chi connectivity index (χ0n) is 12.7. The normalized spacial score (nSPS) is 17.0. The Morgan fingerprint density at radius 2 is 1.84 bits per heavy atom. The first-order valence-corrected chi connectivity index (χ1v) is 8.07. The molecule has 0 spiro atoms. The zero-order valence-corrected chi connectivity index (χ0v) is 12.7. The predicted octanol–water partition coefficient (Wildman–Crippen LogP) is 4.62.